The van der Waals surface area contributed by atoms with Crippen molar-refractivity contribution in [3.8, 4) is 0 Å². The summed E-state index contributed by atoms with van der Waals surface area (Å²) in [6, 6.07) is 15.8. The summed E-state index contributed by atoms with van der Waals surface area (Å²) in [6.45, 7) is 0.122. The van der Waals surface area contributed by atoms with E-state index in [1.807, 2.05) is 30.3 Å². The summed E-state index contributed by atoms with van der Waals surface area (Å²) in [6.07, 6.45) is 0.224. The number of carbonyl (C=O) groups excluding carboxylic acids is 3. The Morgan fingerprint density at radius 3 is 2.19 bits per heavy atom. The number of imide groups is 1. The summed E-state index contributed by atoms with van der Waals surface area (Å²) >= 11 is 0. The van der Waals surface area contributed by atoms with Crippen molar-refractivity contribution in [3.05, 3.63) is 71.3 Å². The van der Waals surface area contributed by atoms with Crippen molar-refractivity contribution in [3.63, 3.8) is 0 Å². The summed E-state index contributed by atoms with van der Waals surface area (Å²) < 4.78 is 5.20. The van der Waals surface area contributed by atoms with Gasteiger partial charge in [-0.1, -0.05) is 42.5 Å². The minimum absolute atomic E-state index is 0.0404. The largest absolute Gasteiger partial charge is 0.445 e. The van der Waals surface area contributed by atoms with Gasteiger partial charge in [0, 0.05) is 5.92 Å². The molecule has 2 aliphatic rings. The Kier molecular flexibility index (Phi) is 4.60. The lowest BCUT2D eigenvalue weighted by atomic mass is 10.1. The molecule has 1 N–H and O–H groups in total. The number of rotatable bonds is 6. The van der Waals surface area contributed by atoms with E-state index in [1.165, 1.54) is 0 Å². The zero-order valence-corrected chi connectivity index (χ0v) is 14.5. The number of nitrogens with one attached hydrogen (secondary N) is 1. The molecule has 0 spiro atoms. The van der Waals surface area contributed by atoms with Gasteiger partial charge in [0.15, 0.2) is 6.23 Å². The van der Waals surface area contributed by atoms with Crippen molar-refractivity contribution in [2.24, 2.45) is 5.92 Å². The fourth-order valence-electron chi connectivity index (χ4n) is 2.89. The SMILES string of the molecule is O=C(NC(ON1C(=O)c2ccccc2C1=O)C1CC1)OCc1ccccc1. The normalized spacial score (nSPS) is 16.8. The molecule has 1 atom stereocenters. The van der Waals surface area contributed by atoms with Crippen molar-refractivity contribution < 1.29 is 24.0 Å². The van der Waals surface area contributed by atoms with Crippen LogP contribution in [0.4, 0.5) is 4.79 Å². The number of fused-ring (bicyclic) bond motifs is 1. The molecule has 0 saturated heterocycles. The van der Waals surface area contributed by atoms with Crippen LogP contribution in [0.2, 0.25) is 0 Å². The van der Waals surface area contributed by atoms with Gasteiger partial charge in [0.1, 0.15) is 6.61 Å². The molecule has 1 fully saturated rings. The summed E-state index contributed by atoms with van der Waals surface area (Å²) in [7, 11) is 0. The number of hydroxylamine groups is 2. The molecule has 1 aliphatic carbocycles. The number of carbonyl (C=O) groups is 3. The second-order valence-corrected chi connectivity index (χ2v) is 6.52. The van der Waals surface area contributed by atoms with Gasteiger partial charge >= 0.3 is 6.09 Å². The molecule has 3 amide bonds. The zero-order chi connectivity index (χ0) is 18.8. The van der Waals surface area contributed by atoms with Gasteiger partial charge in [-0.2, -0.15) is 0 Å². The molecule has 138 valence electrons. The van der Waals surface area contributed by atoms with Gasteiger partial charge in [0.2, 0.25) is 0 Å². The van der Waals surface area contributed by atoms with Crippen LogP contribution in [0.1, 0.15) is 39.1 Å². The van der Waals surface area contributed by atoms with Crippen LogP contribution in [-0.2, 0) is 16.2 Å². The first-order valence-corrected chi connectivity index (χ1v) is 8.75. The highest BCUT2D eigenvalue weighted by atomic mass is 16.7. The highest BCUT2D eigenvalue weighted by molar-refractivity contribution is 6.20. The molecular weight excluding hydrogens is 348 g/mol. The minimum atomic E-state index is -0.796. The molecule has 0 bridgehead atoms. The van der Waals surface area contributed by atoms with Crippen LogP contribution in [0.15, 0.2) is 54.6 Å². The monoisotopic (exact) mass is 366 g/mol. The summed E-state index contributed by atoms with van der Waals surface area (Å²) in [5.74, 6) is -1.01. The Labute approximate surface area is 155 Å². The van der Waals surface area contributed by atoms with E-state index in [2.05, 4.69) is 5.32 Å². The Morgan fingerprint density at radius 1 is 1.00 bits per heavy atom. The molecule has 1 heterocycles. The van der Waals surface area contributed by atoms with E-state index in [0.29, 0.717) is 11.1 Å². The highest BCUT2D eigenvalue weighted by Gasteiger charge is 2.42. The number of alkyl carbamates (subject to hydrolysis) is 1. The second-order valence-electron chi connectivity index (χ2n) is 6.52. The van der Waals surface area contributed by atoms with Gasteiger partial charge in [-0.25, -0.2) is 9.63 Å². The average molecular weight is 366 g/mol. The predicted molar refractivity (Wildman–Crippen MR) is 94.3 cm³/mol. The van der Waals surface area contributed by atoms with E-state index in [0.717, 1.165) is 23.5 Å². The van der Waals surface area contributed by atoms with Crippen LogP contribution < -0.4 is 5.32 Å². The maximum atomic E-state index is 12.4. The summed E-state index contributed by atoms with van der Waals surface area (Å²) in [5.41, 5.74) is 1.45. The lowest BCUT2D eigenvalue weighted by Crippen LogP contribution is -2.45. The fraction of sp³-hybridized carbons (Fsp3) is 0.250. The Morgan fingerprint density at radius 2 is 1.59 bits per heavy atom. The first-order valence-electron chi connectivity index (χ1n) is 8.75. The molecule has 2 aromatic rings. The van der Waals surface area contributed by atoms with E-state index in [-0.39, 0.29) is 12.5 Å². The van der Waals surface area contributed by atoms with E-state index < -0.39 is 24.1 Å². The van der Waals surface area contributed by atoms with E-state index in [1.54, 1.807) is 24.3 Å². The standard InChI is InChI=1S/C20H18N2O5/c23-18-15-8-4-5-9-16(15)19(24)22(18)27-17(14-10-11-14)21-20(25)26-12-13-6-2-1-3-7-13/h1-9,14,17H,10-12H2,(H,21,25). The van der Waals surface area contributed by atoms with Crippen molar-refractivity contribution in [2.75, 3.05) is 0 Å². The molecule has 0 radical (unpaired) electrons. The number of nitrogens with zero attached hydrogens (tertiary/aromatic N) is 1. The van der Waals surface area contributed by atoms with Crippen LogP contribution >= 0.6 is 0 Å². The van der Waals surface area contributed by atoms with Gasteiger partial charge < -0.3 is 4.74 Å². The van der Waals surface area contributed by atoms with Crippen LogP contribution in [0.25, 0.3) is 0 Å². The van der Waals surface area contributed by atoms with Crippen molar-refractivity contribution in [1.82, 2.24) is 10.4 Å². The van der Waals surface area contributed by atoms with Crippen molar-refractivity contribution >= 4 is 17.9 Å². The smallest absolute Gasteiger partial charge is 0.409 e. The van der Waals surface area contributed by atoms with Gasteiger partial charge in [-0.05, 0) is 30.5 Å². The molecule has 1 aliphatic heterocycles. The first kappa shape index (κ1) is 17.2. The Balaban J connectivity index is 1.38. The quantitative estimate of drug-likeness (QED) is 0.628. The van der Waals surface area contributed by atoms with Gasteiger partial charge in [0.05, 0.1) is 11.1 Å². The van der Waals surface area contributed by atoms with Gasteiger partial charge in [-0.3, -0.25) is 14.9 Å². The molecule has 27 heavy (non-hydrogen) atoms. The number of hydrogen-bond donors (Lipinski definition) is 1. The summed E-state index contributed by atoms with van der Waals surface area (Å²) in [5, 5.41) is 3.34. The van der Waals surface area contributed by atoms with E-state index >= 15 is 0 Å². The van der Waals surface area contributed by atoms with Crippen LogP contribution in [0.5, 0.6) is 0 Å². The maximum absolute atomic E-state index is 12.4. The number of hydrogen-bond acceptors (Lipinski definition) is 5. The molecule has 1 unspecified atom stereocenters. The number of benzene rings is 2. The third kappa shape index (κ3) is 3.68. The number of ether oxygens (including phenoxy) is 1. The molecular formula is C20H18N2O5. The molecule has 1 saturated carbocycles. The first-order chi connectivity index (χ1) is 13.1. The van der Waals surface area contributed by atoms with E-state index in [9.17, 15) is 14.4 Å². The Hall–Kier alpha value is -3.19. The molecule has 4 rings (SSSR count). The highest BCUT2D eigenvalue weighted by Crippen LogP contribution is 2.35. The van der Waals surface area contributed by atoms with Gasteiger partial charge in [-0.15, -0.1) is 5.06 Å². The lowest BCUT2D eigenvalue weighted by Gasteiger charge is -2.22. The van der Waals surface area contributed by atoms with Crippen LogP contribution in [0, 0.1) is 5.92 Å². The molecule has 7 nitrogen and oxygen atoms in total. The molecule has 2 aromatic carbocycles. The Bertz CT molecular complexity index is 844. The van der Waals surface area contributed by atoms with Crippen molar-refractivity contribution in [2.45, 2.75) is 25.7 Å². The van der Waals surface area contributed by atoms with E-state index in [4.69, 9.17) is 9.57 Å². The lowest BCUT2D eigenvalue weighted by molar-refractivity contribution is -0.147. The minimum Gasteiger partial charge on any atom is -0.445 e. The third-order valence-corrected chi connectivity index (χ3v) is 4.50. The van der Waals surface area contributed by atoms with Crippen LogP contribution in [0.3, 0.4) is 0 Å². The molecule has 7 heteroatoms. The fourth-order valence-corrected chi connectivity index (χ4v) is 2.89. The third-order valence-electron chi connectivity index (χ3n) is 4.50. The van der Waals surface area contributed by atoms with Crippen molar-refractivity contribution in [1.29, 1.82) is 0 Å². The average Bonchev–Trinajstić information content (AvgIpc) is 3.51. The summed E-state index contributed by atoms with van der Waals surface area (Å²) in [4.78, 5) is 42.5. The second kappa shape index (κ2) is 7.20. The molecule has 0 aromatic heterocycles. The van der Waals surface area contributed by atoms with Crippen LogP contribution in [-0.4, -0.2) is 29.2 Å². The zero-order valence-electron chi connectivity index (χ0n) is 14.5. The maximum Gasteiger partial charge on any atom is 0.409 e. The topological polar surface area (TPSA) is 84.9 Å². The number of amides is 3. The predicted octanol–water partition coefficient (Wildman–Crippen LogP) is 2.88. The van der Waals surface area contributed by atoms with Gasteiger partial charge in [0.25, 0.3) is 11.8 Å².